The highest BCUT2D eigenvalue weighted by Crippen LogP contribution is 2.09. The van der Waals surface area contributed by atoms with Gasteiger partial charge >= 0.3 is 6.09 Å². The second-order valence-electron chi connectivity index (χ2n) is 3.31. The summed E-state index contributed by atoms with van der Waals surface area (Å²) in [5.41, 5.74) is 0. The molecule has 1 fully saturated rings. The average molecular weight is 198 g/mol. The molecule has 0 spiro atoms. The van der Waals surface area contributed by atoms with Crippen molar-refractivity contribution < 1.29 is 14.7 Å². The zero-order valence-electron chi connectivity index (χ0n) is 8.14. The number of carbonyl (C=O) groups is 2. The molecule has 1 saturated heterocycles. The van der Waals surface area contributed by atoms with Crippen LogP contribution in [0.3, 0.4) is 0 Å². The highest BCUT2D eigenvalue weighted by molar-refractivity contribution is 5.87. The molecule has 2 amide bonds. The number of carboxylic acid groups (broad SMARTS) is 1. The topological polar surface area (TPSA) is 60.9 Å². The molecule has 78 valence electrons. The van der Waals surface area contributed by atoms with Gasteiger partial charge in [0.05, 0.1) is 0 Å². The van der Waals surface area contributed by atoms with Crippen LogP contribution in [-0.2, 0) is 4.79 Å². The van der Waals surface area contributed by atoms with Crippen molar-refractivity contribution in [1.29, 1.82) is 0 Å². The fourth-order valence-electron chi connectivity index (χ4n) is 1.57. The summed E-state index contributed by atoms with van der Waals surface area (Å²) in [6.07, 6.45) is 0.326. The molecule has 1 atom stereocenters. The SMILES string of the molecule is C=CC(=O)N1CCN(C(=O)O)[C@H](C)C1. The highest BCUT2D eigenvalue weighted by Gasteiger charge is 2.28. The first kappa shape index (κ1) is 10.6. The minimum atomic E-state index is -0.928. The van der Waals surface area contributed by atoms with Crippen LogP contribution in [0.5, 0.6) is 0 Å². The van der Waals surface area contributed by atoms with Gasteiger partial charge in [-0.05, 0) is 13.0 Å². The summed E-state index contributed by atoms with van der Waals surface area (Å²) in [6.45, 7) is 6.44. The predicted octanol–water partition coefficient (Wildman–Crippen LogP) is 0.383. The average Bonchev–Trinajstić information content (AvgIpc) is 2.15. The Balaban J connectivity index is 2.59. The molecule has 0 aromatic rings. The third-order valence-electron chi connectivity index (χ3n) is 2.36. The second kappa shape index (κ2) is 4.13. The van der Waals surface area contributed by atoms with E-state index in [0.29, 0.717) is 19.6 Å². The Morgan fingerprint density at radius 2 is 2.14 bits per heavy atom. The Morgan fingerprint density at radius 3 is 2.57 bits per heavy atom. The molecule has 0 bridgehead atoms. The first-order valence-corrected chi connectivity index (χ1v) is 4.47. The van der Waals surface area contributed by atoms with Crippen LogP contribution in [0.15, 0.2) is 12.7 Å². The van der Waals surface area contributed by atoms with Gasteiger partial charge in [-0.2, -0.15) is 0 Å². The van der Waals surface area contributed by atoms with Crippen molar-refractivity contribution in [2.45, 2.75) is 13.0 Å². The van der Waals surface area contributed by atoms with Crippen molar-refractivity contribution in [3.63, 3.8) is 0 Å². The van der Waals surface area contributed by atoms with Gasteiger partial charge in [-0.25, -0.2) is 4.79 Å². The molecular weight excluding hydrogens is 184 g/mol. The molecule has 5 heteroatoms. The van der Waals surface area contributed by atoms with Crippen LogP contribution in [0.25, 0.3) is 0 Å². The van der Waals surface area contributed by atoms with E-state index in [1.54, 1.807) is 11.8 Å². The molecule has 1 rings (SSSR count). The van der Waals surface area contributed by atoms with Crippen molar-refractivity contribution in [3.05, 3.63) is 12.7 Å². The normalized spacial score (nSPS) is 21.9. The van der Waals surface area contributed by atoms with E-state index in [9.17, 15) is 9.59 Å². The van der Waals surface area contributed by atoms with Crippen molar-refractivity contribution in [2.75, 3.05) is 19.6 Å². The fourth-order valence-corrected chi connectivity index (χ4v) is 1.57. The summed E-state index contributed by atoms with van der Waals surface area (Å²) in [6, 6.07) is -0.148. The van der Waals surface area contributed by atoms with Gasteiger partial charge in [0.1, 0.15) is 0 Å². The van der Waals surface area contributed by atoms with E-state index < -0.39 is 6.09 Å². The van der Waals surface area contributed by atoms with Gasteiger partial charge in [0.2, 0.25) is 5.91 Å². The Morgan fingerprint density at radius 1 is 1.50 bits per heavy atom. The van der Waals surface area contributed by atoms with Crippen LogP contribution in [0.1, 0.15) is 6.92 Å². The molecular formula is C9H14N2O3. The minimum Gasteiger partial charge on any atom is -0.465 e. The lowest BCUT2D eigenvalue weighted by molar-refractivity contribution is -0.128. The standard InChI is InChI=1S/C9H14N2O3/c1-3-8(12)10-4-5-11(9(13)14)7(2)6-10/h3,7H,1,4-6H2,2H3,(H,13,14)/t7-/m1/s1. The van der Waals surface area contributed by atoms with Crippen molar-refractivity contribution in [3.8, 4) is 0 Å². The first-order valence-electron chi connectivity index (χ1n) is 4.47. The monoisotopic (exact) mass is 198 g/mol. The van der Waals surface area contributed by atoms with Gasteiger partial charge in [0, 0.05) is 25.7 Å². The number of rotatable bonds is 1. The van der Waals surface area contributed by atoms with E-state index in [1.165, 1.54) is 11.0 Å². The van der Waals surface area contributed by atoms with Crippen LogP contribution in [0.4, 0.5) is 4.79 Å². The molecule has 0 aromatic carbocycles. The van der Waals surface area contributed by atoms with E-state index in [1.807, 2.05) is 0 Å². The molecule has 1 heterocycles. The van der Waals surface area contributed by atoms with Crippen molar-refractivity contribution >= 4 is 12.0 Å². The lowest BCUT2D eigenvalue weighted by Crippen LogP contribution is -2.54. The number of piperazine rings is 1. The molecule has 5 nitrogen and oxygen atoms in total. The van der Waals surface area contributed by atoms with Crippen LogP contribution in [-0.4, -0.2) is 52.6 Å². The number of nitrogens with zero attached hydrogens (tertiary/aromatic N) is 2. The molecule has 0 aliphatic carbocycles. The van der Waals surface area contributed by atoms with Crippen molar-refractivity contribution in [1.82, 2.24) is 9.80 Å². The van der Waals surface area contributed by atoms with Gasteiger partial charge in [-0.3, -0.25) is 4.79 Å². The van der Waals surface area contributed by atoms with Gasteiger partial charge in [-0.15, -0.1) is 0 Å². The Kier molecular flexibility index (Phi) is 3.11. The number of carbonyl (C=O) groups excluding carboxylic acids is 1. The lowest BCUT2D eigenvalue weighted by Gasteiger charge is -2.37. The second-order valence-corrected chi connectivity index (χ2v) is 3.31. The van der Waals surface area contributed by atoms with E-state index in [0.717, 1.165) is 0 Å². The van der Waals surface area contributed by atoms with Crippen LogP contribution >= 0.6 is 0 Å². The van der Waals surface area contributed by atoms with E-state index in [-0.39, 0.29) is 11.9 Å². The van der Waals surface area contributed by atoms with Crippen LogP contribution < -0.4 is 0 Å². The third-order valence-corrected chi connectivity index (χ3v) is 2.36. The molecule has 1 N–H and O–H groups in total. The van der Waals surface area contributed by atoms with Gasteiger partial charge in [0.15, 0.2) is 0 Å². The lowest BCUT2D eigenvalue weighted by atomic mass is 10.2. The summed E-state index contributed by atoms with van der Waals surface area (Å²) in [5, 5.41) is 8.79. The summed E-state index contributed by atoms with van der Waals surface area (Å²) < 4.78 is 0. The van der Waals surface area contributed by atoms with Gasteiger partial charge in [-0.1, -0.05) is 6.58 Å². The van der Waals surface area contributed by atoms with Gasteiger partial charge in [0.25, 0.3) is 0 Å². The van der Waals surface area contributed by atoms with E-state index in [4.69, 9.17) is 5.11 Å². The van der Waals surface area contributed by atoms with Crippen LogP contribution in [0.2, 0.25) is 0 Å². The number of hydrogen-bond acceptors (Lipinski definition) is 2. The highest BCUT2D eigenvalue weighted by atomic mass is 16.4. The third kappa shape index (κ3) is 2.04. The maximum atomic E-state index is 11.2. The largest absolute Gasteiger partial charge is 0.465 e. The fraction of sp³-hybridized carbons (Fsp3) is 0.556. The Labute approximate surface area is 82.6 Å². The summed E-state index contributed by atoms with van der Waals surface area (Å²) >= 11 is 0. The molecule has 14 heavy (non-hydrogen) atoms. The minimum absolute atomic E-state index is 0.137. The number of hydrogen-bond donors (Lipinski definition) is 1. The van der Waals surface area contributed by atoms with Crippen molar-refractivity contribution in [2.24, 2.45) is 0 Å². The quantitative estimate of drug-likeness (QED) is 0.620. The molecule has 1 aliphatic heterocycles. The maximum Gasteiger partial charge on any atom is 0.407 e. The zero-order valence-corrected chi connectivity index (χ0v) is 8.14. The Bertz CT molecular complexity index is 265. The maximum absolute atomic E-state index is 11.2. The predicted molar refractivity (Wildman–Crippen MR) is 51.0 cm³/mol. The number of amides is 2. The Hall–Kier alpha value is -1.52. The molecule has 0 saturated carbocycles. The summed E-state index contributed by atoms with van der Waals surface area (Å²) in [4.78, 5) is 24.9. The molecule has 1 aliphatic rings. The first-order chi connectivity index (χ1) is 6.56. The van der Waals surface area contributed by atoms with Gasteiger partial charge < -0.3 is 14.9 Å². The van der Waals surface area contributed by atoms with E-state index in [2.05, 4.69) is 6.58 Å². The zero-order chi connectivity index (χ0) is 10.7. The molecule has 0 aromatic heterocycles. The van der Waals surface area contributed by atoms with E-state index >= 15 is 0 Å². The molecule has 0 radical (unpaired) electrons. The summed E-state index contributed by atoms with van der Waals surface area (Å²) in [7, 11) is 0. The smallest absolute Gasteiger partial charge is 0.407 e. The van der Waals surface area contributed by atoms with Crippen LogP contribution in [0, 0.1) is 0 Å². The summed E-state index contributed by atoms with van der Waals surface area (Å²) in [5.74, 6) is -0.137. The molecule has 0 unspecified atom stereocenters.